The van der Waals surface area contributed by atoms with Crippen molar-refractivity contribution >= 4 is 25.7 Å². The summed E-state index contributed by atoms with van der Waals surface area (Å²) in [4.78, 5) is 0. The van der Waals surface area contributed by atoms with Gasteiger partial charge >= 0.3 is 0 Å². The summed E-state index contributed by atoms with van der Waals surface area (Å²) in [6.07, 6.45) is 2.50. The minimum atomic E-state index is -3.49. The molecule has 0 bridgehead atoms. The van der Waals surface area contributed by atoms with E-state index in [0.717, 1.165) is 23.8 Å². The fourth-order valence-electron chi connectivity index (χ4n) is 2.26. The molecule has 0 aliphatic carbocycles. The first-order chi connectivity index (χ1) is 10.6. The number of hydrogen-bond acceptors (Lipinski definition) is 4. The summed E-state index contributed by atoms with van der Waals surface area (Å²) in [6, 6.07) is 5.49. The van der Waals surface area contributed by atoms with Crippen molar-refractivity contribution in [1.82, 2.24) is 4.72 Å². The minimum Gasteiger partial charge on any atom is -0.269 e. The van der Waals surface area contributed by atoms with Crippen molar-refractivity contribution < 1.29 is 16.8 Å². The van der Waals surface area contributed by atoms with E-state index in [1.54, 1.807) is 6.07 Å². The Morgan fingerprint density at radius 1 is 1.13 bits per heavy atom. The molecule has 0 atom stereocenters. The van der Waals surface area contributed by atoms with Gasteiger partial charge in [0.2, 0.25) is 20.0 Å². The average Bonchev–Trinajstić information content (AvgIpc) is 2.41. The van der Waals surface area contributed by atoms with Crippen molar-refractivity contribution in [2.75, 3.05) is 29.4 Å². The van der Waals surface area contributed by atoms with Crippen LogP contribution in [0, 0.1) is 13.8 Å². The quantitative estimate of drug-likeness (QED) is 0.726. The largest absolute Gasteiger partial charge is 0.269 e. The van der Waals surface area contributed by atoms with E-state index in [9.17, 15) is 16.8 Å². The van der Waals surface area contributed by atoms with Crippen LogP contribution in [0.25, 0.3) is 0 Å². The maximum Gasteiger partial charge on any atom is 0.232 e. The van der Waals surface area contributed by atoms with Gasteiger partial charge in [0.05, 0.1) is 17.7 Å². The normalized spacial score (nSPS) is 12.3. The zero-order chi connectivity index (χ0) is 17.7. The molecule has 0 aliphatic heterocycles. The Labute approximate surface area is 140 Å². The highest BCUT2D eigenvalue weighted by Crippen LogP contribution is 2.23. The molecular formula is C15H26N2O4S2. The minimum absolute atomic E-state index is 0.0480. The number of nitrogens with zero attached hydrogens (tertiary/aromatic N) is 1. The maximum atomic E-state index is 12.0. The molecule has 23 heavy (non-hydrogen) atoms. The molecule has 1 aromatic carbocycles. The van der Waals surface area contributed by atoms with E-state index in [1.165, 1.54) is 4.31 Å². The van der Waals surface area contributed by atoms with E-state index >= 15 is 0 Å². The second-order valence-corrected chi connectivity index (χ2v) is 9.53. The molecule has 132 valence electrons. The number of anilines is 1. The molecule has 0 amide bonds. The SMILES string of the molecule is CCCCS(=O)(=O)NCCN(c1ccc(C)cc1C)S(C)(=O)=O. The maximum absolute atomic E-state index is 12.0. The van der Waals surface area contributed by atoms with E-state index < -0.39 is 20.0 Å². The third-order valence-electron chi connectivity index (χ3n) is 3.42. The van der Waals surface area contributed by atoms with Gasteiger partial charge in [-0.2, -0.15) is 0 Å². The Morgan fingerprint density at radius 3 is 2.30 bits per heavy atom. The second kappa shape index (κ2) is 8.12. The van der Waals surface area contributed by atoms with E-state index in [-0.39, 0.29) is 18.8 Å². The molecule has 0 radical (unpaired) electrons. The van der Waals surface area contributed by atoms with E-state index in [4.69, 9.17) is 0 Å². The van der Waals surface area contributed by atoms with Gasteiger partial charge < -0.3 is 0 Å². The van der Waals surface area contributed by atoms with Crippen molar-refractivity contribution in [3.63, 3.8) is 0 Å². The van der Waals surface area contributed by atoms with Gasteiger partial charge in [0.25, 0.3) is 0 Å². The van der Waals surface area contributed by atoms with Crippen molar-refractivity contribution in [3.8, 4) is 0 Å². The van der Waals surface area contributed by atoms with Crippen molar-refractivity contribution in [3.05, 3.63) is 29.3 Å². The summed E-state index contributed by atoms with van der Waals surface area (Å²) in [6.45, 7) is 5.80. The van der Waals surface area contributed by atoms with E-state index in [2.05, 4.69) is 4.72 Å². The lowest BCUT2D eigenvalue weighted by molar-refractivity contribution is 0.575. The molecule has 0 aromatic heterocycles. The molecule has 1 N–H and O–H groups in total. The lowest BCUT2D eigenvalue weighted by Gasteiger charge is -2.24. The zero-order valence-electron chi connectivity index (χ0n) is 14.2. The van der Waals surface area contributed by atoms with Crippen LogP contribution in [-0.2, 0) is 20.0 Å². The van der Waals surface area contributed by atoms with Gasteiger partial charge in [-0.25, -0.2) is 21.6 Å². The number of aryl methyl sites for hydroxylation is 2. The van der Waals surface area contributed by atoms with Crippen LogP contribution in [-0.4, -0.2) is 41.9 Å². The number of sulfonamides is 2. The summed E-state index contributed by atoms with van der Waals surface area (Å²) < 4.78 is 51.4. The van der Waals surface area contributed by atoms with Crippen LogP contribution in [0.15, 0.2) is 18.2 Å². The molecule has 0 saturated carbocycles. The van der Waals surface area contributed by atoms with Gasteiger partial charge in [0.1, 0.15) is 0 Å². The lowest BCUT2D eigenvalue weighted by atomic mass is 10.1. The number of nitrogens with one attached hydrogen (secondary N) is 1. The Morgan fingerprint density at radius 2 is 1.78 bits per heavy atom. The molecule has 0 saturated heterocycles. The monoisotopic (exact) mass is 362 g/mol. The fourth-order valence-corrected chi connectivity index (χ4v) is 4.46. The summed E-state index contributed by atoms with van der Waals surface area (Å²) in [5, 5.41) is 0. The molecule has 1 rings (SSSR count). The molecule has 0 spiro atoms. The summed E-state index contributed by atoms with van der Waals surface area (Å²) in [7, 11) is -6.84. The lowest BCUT2D eigenvalue weighted by Crippen LogP contribution is -2.39. The van der Waals surface area contributed by atoms with Gasteiger partial charge in [-0.3, -0.25) is 4.31 Å². The summed E-state index contributed by atoms with van der Waals surface area (Å²) in [5.41, 5.74) is 2.45. The highest BCUT2D eigenvalue weighted by Gasteiger charge is 2.20. The van der Waals surface area contributed by atoms with Crippen LogP contribution in [0.2, 0.25) is 0 Å². The number of benzene rings is 1. The third kappa shape index (κ3) is 6.48. The number of hydrogen-bond donors (Lipinski definition) is 1. The molecule has 0 fully saturated rings. The molecule has 6 nitrogen and oxygen atoms in total. The fraction of sp³-hybridized carbons (Fsp3) is 0.600. The van der Waals surface area contributed by atoms with Crippen molar-refractivity contribution in [2.45, 2.75) is 33.6 Å². The standard InChI is InChI=1S/C15H26N2O4S2/c1-5-6-11-23(20,21)16-9-10-17(22(4,18)19)15-8-7-13(2)12-14(15)3/h7-8,12,16H,5-6,9-11H2,1-4H3. The Hall–Kier alpha value is -1.12. The van der Waals surface area contributed by atoms with E-state index in [0.29, 0.717) is 12.1 Å². The predicted octanol–water partition coefficient (Wildman–Crippen LogP) is 1.79. The summed E-state index contributed by atoms with van der Waals surface area (Å²) >= 11 is 0. The van der Waals surface area contributed by atoms with Crippen LogP contribution in [0.5, 0.6) is 0 Å². The second-order valence-electron chi connectivity index (χ2n) is 5.69. The molecule has 8 heteroatoms. The molecule has 1 aromatic rings. The molecule has 0 unspecified atom stereocenters. The molecule has 0 aliphatic rings. The van der Waals surface area contributed by atoms with Crippen LogP contribution in [0.4, 0.5) is 5.69 Å². The first-order valence-corrected chi connectivity index (χ1v) is 11.1. The Balaban J connectivity index is 2.86. The van der Waals surface area contributed by atoms with Crippen LogP contribution < -0.4 is 9.03 Å². The highest BCUT2D eigenvalue weighted by molar-refractivity contribution is 7.92. The van der Waals surface area contributed by atoms with Crippen molar-refractivity contribution in [1.29, 1.82) is 0 Å². The van der Waals surface area contributed by atoms with Crippen molar-refractivity contribution in [2.24, 2.45) is 0 Å². The highest BCUT2D eigenvalue weighted by atomic mass is 32.2. The Bertz CT molecular complexity index is 728. The number of unbranched alkanes of at least 4 members (excludes halogenated alkanes) is 1. The first-order valence-electron chi connectivity index (χ1n) is 7.59. The van der Waals surface area contributed by atoms with Gasteiger partial charge in [-0.15, -0.1) is 0 Å². The molecule has 0 heterocycles. The van der Waals surface area contributed by atoms with Gasteiger partial charge in [0, 0.05) is 13.1 Å². The smallest absolute Gasteiger partial charge is 0.232 e. The van der Waals surface area contributed by atoms with Crippen LogP contribution in [0.1, 0.15) is 30.9 Å². The first kappa shape index (κ1) is 19.9. The van der Waals surface area contributed by atoms with E-state index in [1.807, 2.05) is 32.9 Å². The van der Waals surface area contributed by atoms with Gasteiger partial charge in [-0.1, -0.05) is 31.0 Å². The topological polar surface area (TPSA) is 83.6 Å². The van der Waals surface area contributed by atoms with Gasteiger partial charge in [-0.05, 0) is 31.9 Å². The number of rotatable bonds is 9. The van der Waals surface area contributed by atoms with Crippen LogP contribution >= 0.6 is 0 Å². The summed E-state index contributed by atoms with van der Waals surface area (Å²) in [5.74, 6) is 0.0614. The Kier molecular flexibility index (Phi) is 7.03. The third-order valence-corrected chi connectivity index (χ3v) is 6.07. The molecular weight excluding hydrogens is 336 g/mol. The predicted molar refractivity (Wildman–Crippen MR) is 94.8 cm³/mol. The van der Waals surface area contributed by atoms with Gasteiger partial charge in [0.15, 0.2) is 0 Å². The van der Waals surface area contributed by atoms with Crippen LogP contribution in [0.3, 0.4) is 0 Å². The average molecular weight is 363 g/mol. The zero-order valence-corrected chi connectivity index (χ0v) is 15.8.